The Morgan fingerprint density at radius 2 is 1.79 bits per heavy atom. The van der Waals surface area contributed by atoms with Crippen molar-refractivity contribution in [2.45, 2.75) is 45.1 Å². The summed E-state index contributed by atoms with van der Waals surface area (Å²) in [6, 6.07) is 0. The Bertz CT molecular complexity index is 738. The number of carbonyl (C=O) groups is 2. The first-order chi connectivity index (χ1) is 14.1. The van der Waals surface area contributed by atoms with Gasteiger partial charge in [0, 0.05) is 30.4 Å². The van der Waals surface area contributed by atoms with Gasteiger partial charge in [0.25, 0.3) is 0 Å². The largest absolute Gasteiger partial charge is 0.379 e. The number of hydrogen-bond acceptors (Lipinski definition) is 6. The van der Waals surface area contributed by atoms with Crippen molar-refractivity contribution in [3.63, 3.8) is 0 Å². The maximum absolute atomic E-state index is 13.0. The highest BCUT2D eigenvalue weighted by Gasteiger charge is 2.54. The fourth-order valence-corrected chi connectivity index (χ4v) is 7.04. The normalized spacial score (nSPS) is 33.6. The van der Waals surface area contributed by atoms with Gasteiger partial charge in [0.15, 0.2) is 5.13 Å². The Hall–Kier alpha value is -1.51. The molecule has 158 valence electrons. The van der Waals surface area contributed by atoms with Gasteiger partial charge in [0.05, 0.1) is 25.5 Å². The minimum absolute atomic E-state index is 0.0267. The second kappa shape index (κ2) is 7.96. The van der Waals surface area contributed by atoms with E-state index < -0.39 is 0 Å². The highest BCUT2D eigenvalue weighted by molar-refractivity contribution is 7.13. The summed E-state index contributed by atoms with van der Waals surface area (Å²) >= 11 is 1.43. The maximum atomic E-state index is 13.0. The van der Waals surface area contributed by atoms with Crippen LogP contribution in [0.2, 0.25) is 0 Å². The van der Waals surface area contributed by atoms with E-state index in [4.69, 9.17) is 4.74 Å². The van der Waals surface area contributed by atoms with Crippen molar-refractivity contribution in [2.24, 2.45) is 23.2 Å². The Labute approximate surface area is 175 Å². The van der Waals surface area contributed by atoms with Crippen molar-refractivity contribution in [1.29, 1.82) is 0 Å². The molecular weight excluding hydrogens is 388 g/mol. The summed E-state index contributed by atoms with van der Waals surface area (Å²) in [5, 5.41) is 8.36. The zero-order chi connectivity index (χ0) is 19.8. The van der Waals surface area contributed by atoms with Crippen LogP contribution in [0.4, 0.5) is 5.13 Å². The molecule has 4 aliphatic carbocycles. The number of nitrogens with zero attached hydrogens (tertiary/aromatic N) is 2. The first kappa shape index (κ1) is 19.5. The lowest BCUT2D eigenvalue weighted by molar-refractivity contribution is -0.146. The fraction of sp³-hybridized carbons (Fsp3) is 0.762. The van der Waals surface area contributed by atoms with E-state index in [1.54, 1.807) is 0 Å². The summed E-state index contributed by atoms with van der Waals surface area (Å²) in [5.41, 5.74) is 0.756. The summed E-state index contributed by atoms with van der Waals surface area (Å²) in [6.45, 7) is 4.15. The maximum Gasteiger partial charge on any atom is 0.245 e. The minimum atomic E-state index is -0.207. The third-order valence-corrected chi connectivity index (χ3v) is 8.02. The minimum Gasteiger partial charge on any atom is -0.379 e. The molecule has 2 N–H and O–H groups in total. The first-order valence-corrected chi connectivity index (χ1v) is 11.8. The monoisotopic (exact) mass is 418 g/mol. The van der Waals surface area contributed by atoms with Crippen molar-refractivity contribution >= 4 is 28.3 Å². The molecule has 5 aliphatic rings. The molecule has 4 saturated carbocycles. The van der Waals surface area contributed by atoms with E-state index in [-0.39, 0.29) is 23.8 Å². The molecule has 2 amide bonds. The average Bonchev–Trinajstić information content (AvgIpc) is 3.12. The smallest absolute Gasteiger partial charge is 0.245 e. The first-order valence-electron chi connectivity index (χ1n) is 10.9. The Kier molecular flexibility index (Phi) is 5.34. The molecule has 0 atom stereocenters. The molecule has 0 radical (unpaired) electrons. The van der Waals surface area contributed by atoms with E-state index >= 15 is 0 Å². The zero-order valence-corrected chi connectivity index (χ0v) is 17.6. The highest BCUT2D eigenvalue weighted by Crippen LogP contribution is 2.60. The number of thiazole rings is 1. The number of morpholine rings is 1. The van der Waals surface area contributed by atoms with Crippen molar-refractivity contribution in [2.75, 3.05) is 38.2 Å². The standard InChI is InChI=1S/C21H30N4O3S/c26-18(24-20-23-17(13-29-20)12-25-1-3-28-4-2-25)11-22-19(27)21-8-14-5-15(9-21)7-16(6-14)10-21/h13-16H,1-12H2,(H,22,27)(H,23,24,26). The molecule has 1 aromatic heterocycles. The molecule has 7 nitrogen and oxygen atoms in total. The van der Waals surface area contributed by atoms with Crippen LogP contribution in [-0.4, -0.2) is 54.5 Å². The van der Waals surface area contributed by atoms with E-state index in [2.05, 4.69) is 20.5 Å². The number of amides is 2. The molecule has 0 unspecified atom stereocenters. The highest BCUT2D eigenvalue weighted by atomic mass is 32.1. The predicted molar refractivity (Wildman–Crippen MR) is 110 cm³/mol. The van der Waals surface area contributed by atoms with Crippen LogP contribution in [0.15, 0.2) is 5.38 Å². The Balaban J connectivity index is 1.11. The molecule has 0 aromatic carbocycles. The van der Waals surface area contributed by atoms with Gasteiger partial charge in [-0.3, -0.25) is 14.5 Å². The fourth-order valence-electron chi connectivity index (χ4n) is 6.33. The van der Waals surface area contributed by atoms with Crippen molar-refractivity contribution in [3.8, 4) is 0 Å². The van der Waals surface area contributed by atoms with E-state index in [1.165, 1.54) is 30.6 Å². The summed E-state index contributed by atoms with van der Waals surface area (Å²) in [5.74, 6) is 2.07. The number of ether oxygens (including phenoxy) is 1. The summed E-state index contributed by atoms with van der Waals surface area (Å²) in [4.78, 5) is 32.1. The van der Waals surface area contributed by atoms with Gasteiger partial charge in [-0.05, 0) is 56.3 Å². The lowest BCUT2D eigenvalue weighted by Gasteiger charge is -2.55. The number of aromatic nitrogens is 1. The quantitative estimate of drug-likeness (QED) is 0.740. The second-order valence-electron chi connectivity index (χ2n) is 9.46. The van der Waals surface area contributed by atoms with Gasteiger partial charge >= 0.3 is 0 Å². The van der Waals surface area contributed by atoms with Crippen LogP contribution in [0.1, 0.15) is 44.2 Å². The molecular formula is C21H30N4O3S. The number of carbonyl (C=O) groups excluding carboxylic acids is 2. The van der Waals surface area contributed by atoms with Gasteiger partial charge in [-0.2, -0.15) is 0 Å². The molecule has 29 heavy (non-hydrogen) atoms. The van der Waals surface area contributed by atoms with Gasteiger partial charge in [-0.25, -0.2) is 4.98 Å². The third kappa shape index (κ3) is 4.20. The topological polar surface area (TPSA) is 83.6 Å². The zero-order valence-electron chi connectivity index (χ0n) is 16.8. The lowest BCUT2D eigenvalue weighted by Crippen LogP contribution is -2.54. The van der Waals surface area contributed by atoms with Crippen molar-refractivity contribution in [1.82, 2.24) is 15.2 Å². The molecule has 2 heterocycles. The van der Waals surface area contributed by atoms with Crippen molar-refractivity contribution < 1.29 is 14.3 Å². The van der Waals surface area contributed by atoms with Gasteiger partial charge in [0.1, 0.15) is 0 Å². The Morgan fingerprint density at radius 3 is 2.45 bits per heavy atom. The van der Waals surface area contributed by atoms with Crippen LogP contribution < -0.4 is 10.6 Å². The average molecular weight is 419 g/mol. The summed E-state index contributed by atoms with van der Waals surface area (Å²) < 4.78 is 5.37. The van der Waals surface area contributed by atoms with E-state index in [0.717, 1.165) is 75.6 Å². The molecule has 4 bridgehead atoms. The molecule has 6 rings (SSSR count). The number of hydrogen-bond donors (Lipinski definition) is 2. The molecule has 0 spiro atoms. The number of rotatable bonds is 6. The van der Waals surface area contributed by atoms with E-state index in [9.17, 15) is 9.59 Å². The van der Waals surface area contributed by atoms with E-state index in [1.807, 2.05) is 5.38 Å². The van der Waals surface area contributed by atoms with Crippen molar-refractivity contribution in [3.05, 3.63) is 11.1 Å². The van der Waals surface area contributed by atoms with Crippen LogP contribution in [0, 0.1) is 23.2 Å². The second-order valence-corrected chi connectivity index (χ2v) is 10.3. The Morgan fingerprint density at radius 1 is 1.14 bits per heavy atom. The molecule has 8 heteroatoms. The van der Waals surface area contributed by atoms with Crippen LogP contribution >= 0.6 is 11.3 Å². The molecule has 5 fully saturated rings. The molecule has 1 aliphatic heterocycles. The van der Waals surface area contributed by atoms with Crippen LogP contribution in [-0.2, 0) is 20.9 Å². The van der Waals surface area contributed by atoms with Gasteiger partial charge < -0.3 is 15.4 Å². The van der Waals surface area contributed by atoms with Gasteiger partial charge in [0.2, 0.25) is 11.8 Å². The lowest BCUT2D eigenvalue weighted by atomic mass is 9.49. The SMILES string of the molecule is O=C(CNC(=O)C12CC3CC(CC(C3)C1)C2)Nc1nc(CN2CCOCC2)cs1. The predicted octanol–water partition coefficient (Wildman–Crippen LogP) is 2.25. The third-order valence-electron chi connectivity index (χ3n) is 7.22. The van der Waals surface area contributed by atoms with E-state index in [0.29, 0.717) is 5.13 Å². The van der Waals surface area contributed by atoms with Crippen LogP contribution in [0.25, 0.3) is 0 Å². The van der Waals surface area contributed by atoms with Crippen LogP contribution in [0.5, 0.6) is 0 Å². The van der Waals surface area contributed by atoms with Gasteiger partial charge in [-0.1, -0.05) is 0 Å². The number of anilines is 1. The number of nitrogens with one attached hydrogen (secondary N) is 2. The van der Waals surface area contributed by atoms with Crippen LogP contribution in [0.3, 0.4) is 0 Å². The summed E-state index contributed by atoms with van der Waals surface area (Å²) in [7, 11) is 0. The summed E-state index contributed by atoms with van der Waals surface area (Å²) in [6.07, 6.45) is 6.98. The molecule has 1 aromatic rings. The molecule has 1 saturated heterocycles. The van der Waals surface area contributed by atoms with Gasteiger partial charge in [-0.15, -0.1) is 11.3 Å².